The van der Waals surface area contributed by atoms with E-state index in [9.17, 15) is 4.79 Å². The third-order valence-electron chi connectivity index (χ3n) is 7.25. The third-order valence-corrected chi connectivity index (χ3v) is 7.52. The summed E-state index contributed by atoms with van der Waals surface area (Å²) in [5.74, 6) is 1.57. The van der Waals surface area contributed by atoms with Crippen LogP contribution in [0.2, 0.25) is 5.15 Å². The van der Waals surface area contributed by atoms with Crippen molar-refractivity contribution in [1.29, 1.82) is 0 Å². The van der Waals surface area contributed by atoms with Crippen molar-refractivity contribution in [3.63, 3.8) is 0 Å². The number of esters is 1. The van der Waals surface area contributed by atoms with Gasteiger partial charge in [0.05, 0.1) is 18.0 Å². The number of rotatable bonds is 8. The fraction of sp³-hybridized carbons (Fsp3) is 0.467. The molecule has 1 saturated heterocycles. The maximum absolute atomic E-state index is 12.1. The fourth-order valence-corrected chi connectivity index (χ4v) is 5.50. The Hall–Kier alpha value is -3.03. The lowest BCUT2D eigenvalue weighted by molar-refractivity contribution is -0.148. The number of fused-ring (bicyclic) bond motifs is 2. The topological polar surface area (TPSA) is 65.8 Å². The molecule has 2 aliphatic heterocycles. The predicted molar refractivity (Wildman–Crippen MR) is 150 cm³/mol. The van der Waals surface area contributed by atoms with E-state index in [4.69, 9.17) is 25.8 Å². The van der Waals surface area contributed by atoms with E-state index in [-0.39, 0.29) is 17.9 Å². The first-order valence-electron chi connectivity index (χ1n) is 13.6. The minimum Gasteiger partial charge on any atom is -0.489 e. The molecule has 0 radical (unpaired) electrons. The summed E-state index contributed by atoms with van der Waals surface area (Å²) in [6.07, 6.45) is 4.98. The van der Waals surface area contributed by atoms with Gasteiger partial charge in [0.15, 0.2) is 5.15 Å². The summed E-state index contributed by atoms with van der Waals surface area (Å²) in [5, 5.41) is 5.91. The van der Waals surface area contributed by atoms with Crippen LogP contribution in [-0.2, 0) is 16.1 Å². The second-order valence-corrected chi connectivity index (χ2v) is 10.8. The van der Waals surface area contributed by atoms with Gasteiger partial charge < -0.3 is 14.2 Å². The molecule has 1 aromatic heterocycles. The fourth-order valence-electron chi connectivity index (χ4n) is 5.27. The zero-order valence-corrected chi connectivity index (χ0v) is 23.2. The van der Waals surface area contributed by atoms with Crippen LogP contribution in [0.3, 0.4) is 0 Å². The Balaban J connectivity index is 1.19. The predicted octanol–water partition coefficient (Wildman–Crippen LogP) is 6.29. The second kappa shape index (κ2) is 11.8. The molecule has 0 bridgehead atoms. The van der Waals surface area contributed by atoms with Crippen LogP contribution in [0, 0.1) is 5.92 Å². The first-order chi connectivity index (χ1) is 18.4. The molecule has 38 heavy (non-hydrogen) atoms. The lowest BCUT2D eigenvalue weighted by Crippen LogP contribution is -2.29. The van der Waals surface area contributed by atoms with Gasteiger partial charge in [-0.1, -0.05) is 17.7 Å². The summed E-state index contributed by atoms with van der Waals surface area (Å²) in [6.45, 7) is 10.2. The molecule has 3 aromatic rings. The van der Waals surface area contributed by atoms with Crippen LogP contribution in [0.25, 0.3) is 17.0 Å². The molecule has 8 heteroatoms. The van der Waals surface area contributed by atoms with Crippen molar-refractivity contribution in [2.24, 2.45) is 5.92 Å². The maximum atomic E-state index is 12.1. The van der Waals surface area contributed by atoms with Crippen molar-refractivity contribution < 1.29 is 19.0 Å². The first-order valence-corrected chi connectivity index (χ1v) is 13.9. The van der Waals surface area contributed by atoms with Gasteiger partial charge in [-0.3, -0.25) is 14.4 Å². The molecule has 1 unspecified atom stereocenters. The number of hydrogen-bond acceptors (Lipinski definition) is 6. The highest BCUT2D eigenvalue weighted by atomic mass is 35.5. The van der Waals surface area contributed by atoms with Gasteiger partial charge in [-0.15, -0.1) is 0 Å². The standard InChI is InChI=1S/C30H36ClN3O4/c1-4-36-30(35)23-6-5-12-33(13-11-23)17-22-14-24-8-9-25(16-28(24)38-19-22)37-18-21-7-10-27-26(15-21)29(31)32-34(27)20(2)3/h7-10,14-16,20,23H,4-6,11-13,17-19H2,1-3H3. The lowest BCUT2D eigenvalue weighted by Gasteiger charge is -2.25. The SMILES string of the molecule is CCOC(=O)C1CCCN(CC2=Cc3ccc(OCc4ccc5c(c4)c(Cl)nn5C(C)C)cc3OC2)CC1. The number of hydrogen-bond donors (Lipinski definition) is 0. The van der Waals surface area contributed by atoms with Crippen molar-refractivity contribution in [3.8, 4) is 11.5 Å². The average molecular weight is 538 g/mol. The van der Waals surface area contributed by atoms with E-state index in [1.165, 1.54) is 5.57 Å². The minimum atomic E-state index is -0.0481. The summed E-state index contributed by atoms with van der Waals surface area (Å²) in [5.41, 5.74) is 4.36. The van der Waals surface area contributed by atoms with Crippen LogP contribution in [0.4, 0.5) is 0 Å². The Bertz CT molecular complexity index is 1330. The van der Waals surface area contributed by atoms with Crippen molar-refractivity contribution in [2.45, 2.75) is 52.7 Å². The van der Waals surface area contributed by atoms with E-state index < -0.39 is 0 Å². The van der Waals surface area contributed by atoms with E-state index in [2.05, 4.69) is 48.1 Å². The van der Waals surface area contributed by atoms with Gasteiger partial charge in [0.1, 0.15) is 24.7 Å². The van der Waals surface area contributed by atoms with Gasteiger partial charge in [-0.25, -0.2) is 0 Å². The number of benzene rings is 2. The van der Waals surface area contributed by atoms with Gasteiger partial charge in [0.2, 0.25) is 0 Å². The highest BCUT2D eigenvalue weighted by molar-refractivity contribution is 6.34. The number of carbonyl (C=O) groups excluding carboxylic acids is 1. The zero-order chi connectivity index (χ0) is 26.6. The summed E-state index contributed by atoms with van der Waals surface area (Å²) in [4.78, 5) is 14.6. The van der Waals surface area contributed by atoms with Crippen LogP contribution in [0.1, 0.15) is 57.2 Å². The van der Waals surface area contributed by atoms with Crippen molar-refractivity contribution >= 4 is 34.5 Å². The molecular weight excluding hydrogens is 502 g/mol. The van der Waals surface area contributed by atoms with E-state index >= 15 is 0 Å². The Morgan fingerprint density at radius 1 is 1.18 bits per heavy atom. The van der Waals surface area contributed by atoms with Crippen LogP contribution in [-0.4, -0.2) is 53.5 Å². The Kier molecular flexibility index (Phi) is 8.24. The third kappa shape index (κ3) is 6.00. The largest absolute Gasteiger partial charge is 0.489 e. The Morgan fingerprint density at radius 2 is 2.05 bits per heavy atom. The number of carbonyl (C=O) groups is 1. The number of aromatic nitrogens is 2. The highest BCUT2D eigenvalue weighted by Gasteiger charge is 2.25. The average Bonchev–Trinajstić information content (AvgIpc) is 3.07. The maximum Gasteiger partial charge on any atom is 0.308 e. The molecule has 5 rings (SSSR count). The molecule has 0 amide bonds. The van der Waals surface area contributed by atoms with Gasteiger partial charge in [0.25, 0.3) is 0 Å². The molecule has 2 aliphatic rings. The lowest BCUT2D eigenvalue weighted by atomic mass is 10.0. The molecule has 0 saturated carbocycles. The molecule has 2 aromatic carbocycles. The number of nitrogens with zero attached hydrogens (tertiary/aromatic N) is 3. The van der Waals surface area contributed by atoms with E-state index in [1.54, 1.807) is 0 Å². The Morgan fingerprint density at radius 3 is 2.87 bits per heavy atom. The number of halogens is 1. The second-order valence-electron chi connectivity index (χ2n) is 10.4. The molecule has 1 atom stereocenters. The normalized spacial score (nSPS) is 18.0. The van der Waals surface area contributed by atoms with E-state index in [1.807, 2.05) is 29.8 Å². The zero-order valence-electron chi connectivity index (χ0n) is 22.4. The monoisotopic (exact) mass is 537 g/mol. The molecule has 0 spiro atoms. The van der Waals surface area contributed by atoms with E-state index in [0.717, 1.165) is 72.4 Å². The van der Waals surface area contributed by atoms with Crippen molar-refractivity contribution in [1.82, 2.24) is 14.7 Å². The quantitative estimate of drug-likeness (QED) is 0.315. The summed E-state index contributed by atoms with van der Waals surface area (Å²) in [6, 6.07) is 12.4. The molecule has 3 heterocycles. The summed E-state index contributed by atoms with van der Waals surface area (Å²) < 4.78 is 19.4. The van der Waals surface area contributed by atoms with Crippen LogP contribution in [0.5, 0.6) is 11.5 Å². The summed E-state index contributed by atoms with van der Waals surface area (Å²) >= 11 is 6.39. The molecule has 7 nitrogen and oxygen atoms in total. The van der Waals surface area contributed by atoms with Crippen LogP contribution >= 0.6 is 11.6 Å². The molecule has 0 aliphatic carbocycles. The smallest absolute Gasteiger partial charge is 0.308 e. The summed E-state index contributed by atoms with van der Waals surface area (Å²) in [7, 11) is 0. The van der Waals surface area contributed by atoms with Crippen LogP contribution < -0.4 is 9.47 Å². The van der Waals surface area contributed by atoms with Gasteiger partial charge >= 0.3 is 5.97 Å². The molecule has 1 fully saturated rings. The van der Waals surface area contributed by atoms with Gasteiger partial charge in [-0.2, -0.15) is 5.10 Å². The molecule has 0 N–H and O–H groups in total. The van der Waals surface area contributed by atoms with Crippen LogP contribution in [0.15, 0.2) is 42.0 Å². The van der Waals surface area contributed by atoms with Gasteiger partial charge in [-0.05, 0) is 94.6 Å². The number of ether oxygens (including phenoxy) is 3. The highest BCUT2D eigenvalue weighted by Crippen LogP contribution is 2.32. The van der Waals surface area contributed by atoms with E-state index in [0.29, 0.717) is 25.0 Å². The Labute approximate surface area is 229 Å². The molecular formula is C30H36ClN3O4. The van der Waals surface area contributed by atoms with Gasteiger partial charge in [0, 0.05) is 29.6 Å². The molecule has 202 valence electrons. The van der Waals surface area contributed by atoms with Crippen molar-refractivity contribution in [2.75, 3.05) is 32.8 Å². The minimum absolute atomic E-state index is 0.0207. The van der Waals surface area contributed by atoms with Crippen molar-refractivity contribution in [3.05, 3.63) is 58.3 Å². The number of likely N-dealkylation sites (tertiary alicyclic amines) is 1. The first kappa shape index (κ1) is 26.6.